The number of benzene rings is 1. The number of aromatic amines is 1. The SMILES string of the molecule is CCC(C)Oc1ccc(-c2nc3c([nH]2)CCCNC3=O)cc1. The Morgan fingerprint density at radius 1 is 1.32 bits per heavy atom. The molecule has 1 aromatic heterocycles. The number of nitrogens with one attached hydrogen (secondary N) is 2. The van der Waals surface area contributed by atoms with Crippen molar-refractivity contribution in [2.45, 2.75) is 39.2 Å². The topological polar surface area (TPSA) is 67.0 Å². The third-order valence-electron chi connectivity index (χ3n) is 3.92. The maximum Gasteiger partial charge on any atom is 0.271 e. The van der Waals surface area contributed by atoms with Crippen molar-refractivity contribution in [1.82, 2.24) is 15.3 Å². The first kappa shape index (κ1) is 14.6. The summed E-state index contributed by atoms with van der Waals surface area (Å²) in [6.45, 7) is 4.86. The number of carbonyl (C=O) groups excluding carboxylic acids is 1. The molecule has 1 aliphatic heterocycles. The first-order chi connectivity index (χ1) is 10.7. The molecule has 1 aliphatic rings. The molecule has 0 bridgehead atoms. The lowest BCUT2D eigenvalue weighted by atomic mass is 10.2. The number of nitrogens with zero attached hydrogens (tertiary/aromatic N) is 1. The number of aromatic nitrogens is 2. The maximum atomic E-state index is 11.9. The molecule has 0 aliphatic carbocycles. The first-order valence-electron chi connectivity index (χ1n) is 7.81. The highest BCUT2D eigenvalue weighted by molar-refractivity contribution is 5.94. The minimum absolute atomic E-state index is 0.0910. The van der Waals surface area contributed by atoms with Crippen molar-refractivity contribution in [1.29, 1.82) is 0 Å². The monoisotopic (exact) mass is 299 g/mol. The molecule has 116 valence electrons. The second kappa shape index (κ2) is 6.22. The van der Waals surface area contributed by atoms with Crippen LogP contribution < -0.4 is 10.1 Å². The van der Waals surface area contributed by atoms with Gasteiger partial charge in [-0.05, 0) is 50.5 Å². The van der Waals surface area contributed by atoms with E-state index in [2.05, 4.69) is 29.1 Å². The fourth-order valence-electron chi connectivity index (χ4n) is 2.47. The van der Waals surface area contributed by atoms with E-state index in [1.165, 1.54) is 0 Å². The average Bonchev–Trinajstić information content (AvgIpc) is 2.89. The van der Waals surface area contributed by atoms with Gasteiger partial charge in [0.05, 0.1) is 6.10 Å². The van der Waals surface area contributed by atoms with E-state index in [0.717, 1.165) is 42.1 Å². The Morgan fingerprint density at radius 2 is 2.09 bits per heavy atom. The quantitative estimate of drug-likeness (QED) is 0.912. The summed E-state index contributed by atoms with van der Waals surface area (Å²) < 4.78 is 5.77. The molecule has 1 unspecified atom stereocenters. The lowest BCUT2D eigenvalue weighted by Gasteiger charge is -2.12. The van der Waals surface area contributed by atoms with E-state index < -0.39 is 0 Å². The predicted molar refractivity (Wildman–Crippen MR) is 85.1 cm³/mol. The Bertz CT molecular complexity index is 661. The highest BCUT2D eigenvalue weighted by Gasteiger charge is 2.20. The van der Waals surface area contributed by atoms with Crippen LogP contribution in [0.15, 0.2) is 24.3 Å². The summed E-state index contributed by atoms with van der Waals surface area (Å²) >= 11 is 0. The molecule has 0 spiro atoms. The van der Waals surface area contributed by atoms with Gasteiger partial charge in [0.25, 0.3) is 5.91 Å². The van der Waals surface area contributed by atoms with Crippen LogP contribution in [-0.4, -0.2) is 28.5 Å². The Hall–Kier alpha value is -2.30. The van der Waals surface area contributed by atoms with Crippen molar-refractivity contribution >= 4 is 5.91 Å². The number of hydrogen-bond donors (Lipinski definition) is 2. The molecule has 1 aromatic carbocycles. The van der Waals surface area contributed by atoms with Crippen LogP contribution in [0.3, 0.4) is 0 Å². The zero-order valence-electron chi connectivity index (χ0n) is 13.0. The summed E-state index contributed by atoms with van der Waals surface area (Å²) in [5.74, 6) is 1.49. The van der Waals surface area contributed by atoms with E-state index in [1.807, 2.05) is 24.3 Å². The summed E-state index contributed by atoms with van der Waals surface area (Å²) in [4.78, 5) is 19.7. The van der Waals surface area contributed by atoms with Gasteiger partial charge in [-0.25, -0.2) is 4.98 Å². The second-order valence-corrected chi connectivity index (χ2v) is 5.63. The lowest BCUT2D eigenvalue weighted by Crippen LogP contribution is -2.23. The molecular weight excluding hydrogens is 278 g/mol. The molecule has 5 nitrogen and oxygen atoms in total. The third-order valence-corrected chi connectivity index (χ3v) is 3.92. The summed E-state index contributed by atoms with van der Waals surface area (Å²) in [7, 11) is 0. The molecule has 1 amide bonds. The van der Waals surface area contributed by atoms with Crippen molar-refractivity contribution in [2.75, 3.05) is 6.54 Å². The summed E-state index contributed by atoms with van der Waals surface area (Å²) in [5, 5.41) is 2.86. The second-order valence-electron chi connectivity index (χ2n) is 5.63. The van der Waals surface area contributed by atoms with Crippen LogP contribution in [0.4, 0.5) is 0 Å². The molecule has 0 saturated carbocycles. The molecule has 2 N–H and O–H groups in total. The Labute approximate surface area is 130 Å². The Morgan fingerprint density at radius 3 is 2.82 bits per heavy atom. The number of aryl methyl sites for hydroxylation is 1. The summed E-state index contributed by atoms with van der Waals surface area (Å²) in [6.07, 6.45) is 2.95. The van der Waals surface area contributed by atoms with Gasteiger partial charge in [-0.3, -0.25) is 4.79 Å². The number of imidazole rings is 1. The van der Waals surface area contributed by atoms with E-state index in [1.54, 1.807) is 0 Å². The predicted octanol–water partition coefficient (Wildman–Crippen LogP) is 2.93. The van der Waals surface area contributed by atoms with Crippen LogP contribution >= 0.6 is 0 Å². The molecule has 5 heteroatoms. The summed E-state index contributed by atoms with van der Waals surface area (Å²) in [6, 6.07) is 7.81. The van der Waals surface area contributed by atoms with Gasteiger partial charge in [-0.15, -0.1) is 0 Å². The molecule has 0 radical (unpaired) electrons. The maximum absolute atomic E-state index is 11.9. The van der Waals surface area contributed by atoms with E-state index in [-0.39, 0.29) is 12.0 Å². The van der Waals surface area contributed by atoms with Gasteiger partial charge in [0, 0.05) is 17.8 Å². The van der Waals surface area contributed by atoms with Gasteiger partial charge >= 0.3 is 0 Å². The molecule has 1 atom stereocenters. The van der Waals surface area contributed by atoms with Crippen LogP contribution in [0.2, 0.25) is 0 Å². The normalized spacial score (nSPS) is 15.6. The van der Waals surface area contributed by atoms with Crippen molar-refractivity contribution < 1.29 is 9.53 Å². The molecular formula is C17H21N3O2. The number of H-pyrrole nitrogens is 1. The molecule has 22 heavy (non-hydrogen) atoms. The van der Waals surface area contributed by atoms with Crippen LogP contribution in [-0.2, 0) is 6.42 Å². The van der Waals surface area contributed by atoms with Crippen LogP contribution in [0.25, 0.3) is 11.4 Å². The third kappa shape index (κ3) is 2.98. The Kier molecular flexibility index (Phi) is 4.13. The van der Waals surface area contributed by atoms with Gasteiger partial charge in [0.1, 0.15) is 17.3 Å². The zero-order valence-corrected chi connectivity index (χ0v) is 13.0. The van der Waals surface area contributed by atoms with Gasteiger partial charge in [0.15, 0.2) is 0 Å². The number of rotatable bonds is 4. The summed E-state index contributed by atoms with van der Waals surface area (Å²) in [5.41, 5.74) is 2.40. The van der Waals surface area contributed by atoms with Crippen LogP contribution in [0.5, 0.6) is 5.75 Å². The molecule has 0 saturated heterocycles. The number of amides is 1. The highest BCUT2D eigenvalue weighted by Crippen LogP contribution is 2.23. The molecule has 2 heterocycles. The van der Waals surface area contributed by atoms with Gasteiger partial charge in [-0.2, -0.15) is 0 Å². The van der Waals surface area contributed by atoms with Crippen LogP contribution in [0.1, 0.15) is 42.9 Å². The van der Waals surface area contributed by atoms with Crippen molar-refractivity contribution in [2.24, 2.45) is 0 Å². The van der Waals surface area contributed by atoms with Gasteiger partial charge in [0.2, 0.25) is 0 Å². The van der Waals surface area contributed by atoms with Gasteiger partial charge in [-0.1, -0.05) is 6.92 Å². The van der Waals surface area contributed by atoms with Gasteiger partial charge < -0.3 is 15.0 Å². The fourth-order valence-corrected chi connectivity index (χ4v) is 2.47. The van der Waals surface area contributed by atoms with E-state index >= 15 is 0 Å². The van der Waals surface area contributed by atoms with E-state index in [9.17, 15) is 4.79 Å². The number of ether oxygens (including phenoxy) is 1. The smallest absolute Gasteiger partial charge is 0.271 e. The van der Waals surface area contributed by atoms with Crippen LogP contribution in [0, 0.1) is 0 Å². The van der Waals surface area contributed by atoms with E-state index in [0.29, 0.717) is 12.2 Å². The number of carbonyl (C=O) groups is 1. The zero-order chi connectivity index (χ0) is 15.5. The first-order valence-corrected chi connectivity index (χ1v) is 7.81. The number of hydrogen-bond acceptors (Lipinski definition) is 3. The molecule has 3 rings (SSSR count). The minimum Gasteiger partial charge on any atom is -0.491 e. The standard InChI is InChI=1S/C17H21N3O2/c1-3-11(2)22-13-8-6-12(7-9-13)16-19-14-5-4-10-18-17(21)15(14)20-16/h6-9,11H,3-5,10H2,1-2H3,(H,18,21)(H,19,20). The largest absolute Gasteiger partial charge is 0.491 e. The van der Waals surface area contributed by atoms with Crippen molar-refractivity contribution in [3.05, 3.63) is 35.7 Å². The number of fused-ring (bicyclic) bond motifs is 1. The van der Waals surface area contributed by atoms with Crippen molar-refractivity contribution in [3.8, 4) is 17.1 Å². The highest BCUT2D eigenvalue weighted by atomic mass is 16.5. The van der Waals surface area contributed by atoms with Crippen molar-refractivity contribution in [3.63, 3.8) is 0 Å². The minimum atomic E-state index is -0.0910. The molecule has 2 aromatic rings. The fraction of sp³-hybridized carbons (Fsp3) is 0.412. The average molecular weight is 299 g/mol. The Balaban J connectivity index is 1.83. The lowest BCUT2D eigenvalue weighted by molar-refractivity contribution is 0.0951. The van der Waals surface area contributed by atoms with E-state index in [4.69, 9.17) is 4.74 Å². The molecule has 0 fully saturated rings.